The fraction of sp³-hybridized carbons (Fsp3) is 0. The summed E-state index contributed by atoms with van der Waals surface area (Å²) >= 11 is 0. The first-order valence-corrected chi connectivity index (χ1v) is 32.9. The van der Waals surface area contributed by atoms with Gasteiger partial charge in [0.15, 0.2) is 11.2 Å². The van der Waals surface area contributed by atoms with Gasteiger partial charge in [-0.05, 0) is 130 Å². The molecular formula is C90H54N4O2. The van der Waals surface area contributed by atoms with Crippen molar-refractivity contribution in [1.29, 1.82) is 0 Å². The Hall–Kier alpha value is -12.9. The Morgan fingerprint density at radius 1 is 0.219 bits per heavy atom. The van der Waals surface area contributed by atoms with Crippen LogP contribution in [0.5, 0.6) is 0 Å². The Balaban J connectivity index is 0.769. The van der Waals surface area contributed by atoms with E-state index in [9.17, 15) is 0 Å². The quantitative estimate of drug-likeness (QED) is 0.137. The fourth-order valence-electron chi connectivity index (χ4n) is 16.3. The van der Waals surface area contributed by atoms with Gasteiger partial charge in [-0.15, -0.1) is 0 Å². The second kappa shape index (κ2) is 20.3. The molecule has 0 radical (unpaired) electrons. The minimum atomic E-state index is 0.858. The molecule has 0 saturated heterocycles. The lowest BCUT2D eigenvalue weighted by molar-refractivity contribution is 0.668. The van der Waals surface area contributed by atoms with Gasteiger partial charge in [0.05, 0.1) is 44.5 Å². The van der Waals surface area contributed by atoms with E-state index in [1.807, 2.05) is 12.1 Å². The SMILES string of the molecule is c1ccc(-c2c3c4cccc5c6cc(-c7cccc(N(c8ccccc8)c8cccc9c8oc8ccccc89)c7)ccc6n(c3c(-c3ccccc3)c3c6cccc7c8cc(-c9cccc(N(c%10ccccc%10)c%10cccc%11c%10oc%10ccccc%10%11)c9)ccc8n(c23)c76)c54)cc1. The van der Waals surface area contributed by atoms with E-state index < -0.39 is 0 Å². The van der Waals surface area contributed by atoms with Gasteiger partial charge in [-0.1, -0.05) is 231 Å². The van der Waals surface area contributed by atoms with Crippen LogP contribution < -0.4 is 9.80 Å². The number of fused-ring (bicyclic) bond motifs is 18. The molecule has 6 nitrogen and oxygen atoms in total. The van der Waals surface area contributed by atoms with Gasteiger partial charge in [0.1, 0.15) is 11.2 Å². The third-order valence-corrected chi connectivity index (χ3v) is 20.3. The number of benzene rings is 15. The highest BCUT2D eigenvalue weighted by Crippen LogP contribution is 2.55. The Morgan fingerprint density at radius 2 is 0.552 bits per heavy atom. The molecule has 21 rings (SSSR count). The van der Waals surface area contributed by atoms with Crippen LogP contribution in [-0.2, 0) is 0 Å². The number of hydrogen-bond donors (Lipinski definition) is 0. The average Bonchev–Trinajstić information content (AvgIpc) is 1.50. The van der Waals surface area contributed by atoms with Crippen molar-refractivity contribution in [2.24, 2.45) is 0 Å². The van der Waals surface area contributed by atoms with E-state index in [-0.39, 0.29) is 0 Å². The molecule has 0 unspecified atom stereocenters. The number of anilines is 6. The first-order chi connectivity index (χ1) is 47.7. The van der Waals surface area contributed by atoms with E-state index in [0.29, 0.717) is 0 Å². The number of aromatic nitrogens is 2. The molecule has 0 aliphatic carbocycles. The number of para-hydroxylation sites is 8. The van der Waals surface area contributed by atoms with E-state index in [1.165, 1.54) is 98.4 Å². The summed E-state index contributed by atoms with van der Waals surface area (Å²) in [6, 6.07) is 119. The number of nitrogens with zero attached hydrogens (tertiary/aromatic N) is 4. The van der Waals surface area contributed by atoms with Crippen molar-refractivity contribution in [3.63, 3.8) is 0 Å². The summed E-state index contributed by atoms with van der Waals surface area (Å²) in [6.07, 6.45) is 0. The third-order valence-electron chi connectivity index (χ3n) is 20.3. The maximum atomic E-state index is 6.70. The molecular weight excluding hydrogens is 1170 g/mol. The predicted octanol–water partition coefficient (Wildman–Crippen LogP) is 25.4. The van der Waals surface area contributed by atoms with Crippen LogP contribution >= 0.6 is 0 Å². The molecule has 6 heteroatoms. The van der Waals surface area contributed by atoms with Crippen LogP contribution in [0.25, 0.3) is 165 Å². The van der Waals surface area contributed by atoms with Gasteiger partial charge < -0.3 is 27.4 Å². The van der Waals surface area contributed by atoms with E-state index in [0.717, 1.165) is 100 Å². The molecule has 21 aromatic rings. The Labute approximate surface area is 550 Å². The van der Waals surface area contributed by atoms with Gasteiger partial charge in [-0.3, -0.25) is 0 Å². The van der Waals surface area contributed by atoms with Crippen LogP contribution in [0.2, 0.25) is 0 Å². The molecule has 0 amide bonds. The van der Waals surface area contributed by atoms with Crippen molar-refractivity contribution in [3.8, 4) is 44.5 Å². The molecule has 6 heterocycles. The van der Waals surface area contributed by atoms with Crippen LogP contribution in [0.3, 0.4) is 0 Å². The van der Waals surface area contributed by atoms with E-state index >= 15 is 0 Å². The minimum Gasteiger partial charge on any atom is -0.454 e. The van der Waals surface area contributed by atoms with E-state index in [1.54, 1.807) is 0 Å². The summed E-state index contributed by atoms with van der Waals surface area (Å²) in [5, 5.41) is 14.2. The van der Waals surface area contributed by atoms with Crippen molar-refractivity contribution < 1.29 is 8.83 Å². The zero-order valence-electron chi connectivity index (χ0n) is 51.8. The van der Waals surface area contributed by atoms with Gasteiger partial charge >= 0.3 is 0 Å². The lowest BCUT2D eigenvalue weighted by atomic mass is 9.89. The molecule has 15 aromatic carbocycles. The lowest BCUT2D eigenvalue weighted by Crippen LogP contribution is -2.10. The number of furan rings is 2. The maximum absolute atomic E-state index is 6.70. The fourth-order valence-corrected chi connectivity index (χ4v) is 16.3. The van der Waals surface area contributed by atoms with Gasteiger partial charge in [-0.2, -0.15) is 0 Å². The van der Waals surface area contributed by atoms with Crippen LogP contribution in [-0.4, -0.2) is 8.80 Å². The summed E-state index contributed by atoms with van der Waals surface area (Å²) in [5.41, 5.74) is 26.2. The summed E-state index contributed by atoms with van der Waals surface area (Å²) in [6.45, 7) is 0. The highest BCUT2D eigenvalue weighted by molar-refractivity contribution is 6.38. The molecule has 0 aliphatic rings. The van der Waals surface area contributed by atoms with Crippen LogP contribution in [0.4, 0.5) is 34.1 Å². The Kier molecular flexibility index (Phi) is 11.1. The average molecular weight is 1220 g/mol. The smallest absolute Gasteiger partial charge is 0.159 e. The number of hydrogen-bond acceptors (Lipinski definition) is 4. The molecule has 0 N–H and O–H groups in total. The highest BCUT2D eigenvalue weighted by atomic mass is 16.3. The summed E-state index contributed by atoms with van der Waals surface area (Å²) < 4.78 is 18.6. The van der Waals surface area contributed by atoms with Crippen molar-refractivity contribution in [2.45, 2.75) is 0 Å². The molecule has 0 spiro atoms. The second-order valence-corrected chi connectivity index (χ2v) is 25.4. The summed E-state index contributed by atoms with van der Waals surface area (Å²) in [4.78, 5) is 4.66. The van der Waals surface area contributed by atoms with Gasteiger partial charge in [0.25, 0.3) is 0 Å². The van der Waals surface area contributed by atoms with Crippen LogP contribution in [0.15, 0.2) is 336 Å². The zero-order chi connectivity index (χ0) is 62.7. The van der Waals surface area contributed by atoms with Gasteiger partial charge in [0.2, 0.25) is 0 Å². The summed E-state index contributed by atoms with van der Waals surface area (Å²) in [5.74, 6) is 0. The molecule has 0 bridgehead atoms. The Morgan fingerprint density at radius 3 is 1.00 bits per heavy atom. The van der Waals surface area contributed by atoms with Crippen molar-refractivity contribution >= 4 is 154 Å². The van der Waals surface area contributed by atoms with Gasteiger partial charge in [-0.25, -0.2) is 0 Å². The van der Waals surface area contributed by atoms with Crippen LogP contribution in [0, 0.1) is 0 Å². The first-order valence-electron chi connectivity index (χ1n) is 32.9. The maximum Gasteiger partial charge on any atom is 0.159 e. The largest absolute Gasteiger partial charge is 0.454 e. The highest BCUT2D eigenvalue weighted by Gasteiger charge is 2.31. The van der Waals surface area contributed by atoms with Crippen molar-refractivity contribution in [1.82, 2.24) is 8.80 Å². The minimum absolute atomic E-state index is 0.858. The molecule has 0 saturated carbocycles. The molecule has 6 aromatic heterocycles. The lowest BCUT2D eigenvalue weighted by Gasteiger charge is -2.26. The van der Waals surface area contributed by atoms with E-state index in [4.69, 9.17) is 8.83 Å². The third kappa shape index (κ3) is 7.52. The van der Waals surface area contributed by atoms with Gasteiger partial charge in [0, 0.05) is 98.5 Å². The Bertz CT molecular complexity index is 6290. The summed E-state index contributed by atoms with van der Waals surface area (Å²) in [7, 11) is 0. The molecule has 0 fully saturated rings. The topological polar surface area (TPSA) is 41.6 Å². The van der Waals surface area contributed by atoms with E-state index in [2.05, 4.69) is 334 Å². The first kappa shape index (κ1) is 52.7. The standard InChI is InChI=1S/C90H54N4O2/c1-5-23-55(24-6-1)81-83-71-41-19-37-67-74-54-60(58-28-18-34-64(52-58)92(62-31-11-4-12-32-62)78-44-22-40-70-66-36-14-16-46-80(66)96-90(70)78)48-50-76(74)94(85(67)71)88(83)82(56-25-7-2-8-26-56)84-72-42-20-38-68-73-53-59(47-49-75(73)93(86(68)72)87(81)84)57-27-17-33-63(51-57)91(61-29-9-3-10-30-61)77-43-21-39-69-65-35-13-15-45-79(65)95-89(69)77/h1-54H. The predicted molar refractivity (Wildman–Crippen MR) is 401 cm³/mol. The number of rotatable bonds is 10. The molecule has 0 atom stereocenters. The van der Waals surface area contributed by atoms with Crippen molar-refractivity contribution in [2.75, 3.05) is 9.80 Å². The normalized spacial score (nSPS) is 12.2. The van der Waals surface area contributed by atoms with Crippen molar-refractivity contribution in [3.05, 3.63) is 328 Å². The zero-order valence-corrected chi connectivity index (χ0v) is 51.8. The second-order valence-electron chi connectivity index (χ2n) is 25.4. The van der Waals surface area contributed by atoms with Crippen LogP contribution in [0.1, 0.15) is 0 Å². The molecule has 0 aliphatic heterocycles. The monoisotopic (exact) mass is 1220 g/mol. The molecule has 96 heavy (non-hydrogen) atoms. The molecule has 446 valence electrons.